The lowest BCUT2D eigenvalue weighted by atomic mass is 9.65. The number of aliphatic carboxylic acids is 1. The molecule has 25 heavy (non-hydrogen) atoms. The number of ether oxygens (including phenoxy) is 2. The zero-order valence-electron chi connectivity index (χ0n) is 17.1. The van der Waals surface area contributed by atoms with Crippen molar-refractivity contribution in [3.8, 4) is 0 Å². The van der Waals surface area contributed by atoms with Gasteiger partial charge in [0.1, 0.15) is 5.60 Å². The SMILES string of the molecule is CCC(C)(CC(C)(CC(C)(C)C(=O)OC(C)(C)C)C(=O)OC)C(=O)O. The fourth-order valence-electron chi connectivity index (χ4n) is 3.13. The Kier molecular flexibility index (Phi) is 7.26. The van der Waals surface area contributed by atoms with Crippen LogP contribution in [-0.4, -0.2) is 35.7 Å². The Morgan fingerprint density at radius 2 is 1.32 bits per heavy atom. The van der Waals surface area contributed by atoms with Crippen LogP contribution in [0.4, 0.5) is 0 Å². The van der Waals surface area contributed by atoms with Gasteiger partial charge in [-0.1, -0.05) is 6.92 Å². The zero-order valence-corrected chi connectivity index (χ0v) is 17.1. The Morgan fingerprint density at radius 1 is 0.840 bits per heavy atom. The summed E-state index contributed by atoms with van der Waals surface area (Å²) in [5, 5.41) is 9.57. The predicted molar refractivity (Wildman–Crippen MR) is 95.0 cm³/mol. The van der Waals surface area contributed by atoms with Crippen molar-refractivity contribution in [1.29, 1.82) is 0 Å². The van der Waals surface area contributed by atoms with E-state index in [-0.39, 0.29) is 12.8 Å². The Balaban J connectivity index is 5.72. The molecular weight excluding hydrogens is 324 g/mol. The van der Waals surface area contributed by atoms with Gasteiger partial charge in [0.25, 0.3) is 0 Å². The summed E-state index contributed by atoms with van der Waals surface area (Å²) in [7, 11) is 1.27. The number of carbonyl (C=O) groups is 3. The lowest BCUT2D eigenvalue weighted by Crippen LogP contribution is -2.44. The minimum atomic E-state index is -1.13. The number of esters is 2. The van der Waals surface area contributed by atoms with E-state index in [4.69, 9.17) is 9.47 Å². The van der Waals surface area contributed by atoms with Gasteiger partial charge in [0.2, 0.25) is 0 Å². The van der Waals surface area contributed by atoms with Crippen LogP contribution in [0.25, 0.3) is 0 Å². The highest BCUT2D eigenvalue weighted by Gasteiger charge is 2.49. The maximum absolute atomic E-state index is 12.5. The number of hydrogen-bond acceptors (Lipinski definition) is 5. The van der Waals surface area contributed by atoms with E-state index in [1.54, 1.807) is 55.4 Å². The number of methoxy groups -OCH3 is 1. The summed E-state index contributed by atoms with van der Waals surface area (Å²) in [6.07, 6.45) is 0.566. The van der Waals surface area contributed by atoms with Gasteiger partial charge in [-0.15, -0.1) is 0 Å². The second-order valence-electron chi connectivity index (χ2n) is 9.01. The van der Waals surface area contributed by atoms with Crippen molar-refractivity contribution in [2.45, 2.75) is 80.3 Å². The first-order valence-electron chi connectivity index (χ1n) is 8.58. The van der Waals surface area contributed by atoms with Crippen LogP contribution in [0.1, 0.15) is 74.7 Å². The molecule has 1 N–H and O–H groups in total. The second-order valence-corrected chi connectivity index (χ2v) is 9.01. The maximum atomic E-state index is 12.5. The molecule has 0 fully saturated rings. The molecule has 0 aromatic carbocycles. The van der Waals surface area contributed by atoms with Gasteiger partial charge in [-0.3, -0.25) is 14.4 Å². The van der Waals surface area contributed by atoms with Crippen molar-refractivity contribution in [3.63, 3.8) is 0 Å². The first kappa shape index (κ1) is 23.4. The predicted octanol–water partition coefficient (Wildman–Crippen LogP) is 3.81. The number of carboxylic acid groups (broad SMARTS) is 1. The van der Waals surface area contributed by atoms with Crippen LogP contribution in [0.5, 0.6) is 0 Å². The van der Waals surface area contributed by atoms with E-state index < -0.39 is 39.8 Å². The Morgan fingerprint density at radius 3 is 1.64 bits per heavy atom. The minimum absolute atomic E-state index is 0.0741. The molecule has 0 aromatic heterocycles. The molecule has 0 saturated heterocycles. The van der Waals surface area contributed by atoms with E-state index in [9.17, 15) is 19.5 Å². The molecule has 146 valence electrons. The second kappa shape index (κ2) is 7.75. The first-order valence-corrected chi connectivity index (χ1v) is 8.58. The van der Waals surface area contributed by atoms with Crippen molar-refractivity contribution < 1.29 is 29.0 Å². The summed E-state index contributed by atoms with van der Waals surface area (Å²) in [5.74, 6) is -1.92. The average Bonchev–Trinajstić information content (AvgIpc) is 2.43. The normalized spacial score (nSPS) is 17.2. The largest absolute Gasteiger partial charge is 0.481 e. The van der Waals surface area contributed by atoms with E-state index in [1.807, 2.05) is 0 Å². The number of carboxylic acids is 1. The summed E-state index contributed by atoms with van der Waals surface area (Å²) in [6, 6.07) is 0. The molecule has 0 aliphatic rings. The standard InChI is InChI=1S/C19H34O6/c1-10-18(7,13(20)21)12-19(8,15(23)24-9)11-17(5,6)14(22)25-16(2,3)4/h10-12H2,1-9H3,(H,20,21). The smallest absolute Gasteiger partial charge is 0.312 e. The summed E-state index contributed by atoms with van der Waals surface area (Å²) in [5.41, 5.74) is -3.83. The van der Waals surface area contributed by atoms with Gasteiger partial charge in [0, 0.05) is 0 Å². The van der Waals surface area contributed by atoms with Gasteiger partial charge in [0.05, 0.1) is 23.4 Å². The van der Waals surface area contributed by atoms with Crippen molar-refractivity contribution in [2.24, 2.45) is 16.2 Å². The Bertz CT molecular complexity index is 516. The minimum Gasteiger partial charge on any atom is -0.481 e. The van der Waals surface area contributed by atoms with Gasteiger partial charge >= 0.3 is 17.9 Å². The Labute approximate surface area is 151 Å². The van der Waals surface area contributed by atoms with Gasteiger partial charge in [-0.2, -0.15) is 0 Å². The van der Waals surface area contributed by atoms with E-state index in [2.05, 4.69) is 0 Å². The highest BCUT2D eigenvalue weighted by molar-refractivity contribution is 5.82. The summed E-state index contributed by atoms with van der Waals surface area (Å²) in [6.45, 7) is 13.8. The highest BCUT2D eigenvalue weighted by Crippen LogP contribution is 2.45. The van der Waals surface area contributed by atoms with Crippen LogP contribution in [0.2, 0.25) is 0 Å². The zero-order chi connectivity index (χ0) is 20.3. The Hall–Kier alpha value is -1.59. The molecule has 6 heteroatoms. The molecular formula is C19H34O6. The van der Waals surface area contributed by atoms with Crippen molar-refractivity contribution in [1.82, 2.24) is 0 Å². The van der Waals surface area contributed by atoms with Crippen molar-refractivity contribution >= 4 is 17.9 Å². The number of rotatable bonds is 8. The maximum Gasteiger partial charge on any atom is 0.312 e. The molecule has 0 spiro atoms. The molecule has 0 amide bonds. The van der Waals surface area contributed by atoms with Gasteiger partial charge in [-0.05, 0) is 67.7 Å². The van der Waals surface area contributed by atoms with Crippen molar-refractivity contribution in [3.05, 3.63) is 0 Å². The highest BCUT2D eigenvalue weighted by atomic mass is 16.6. The fourth-order valence-corrected chi connectivity index (χ4v) is 3.13. The average molecular weight is 358 g/mol. The van der Waals surface area contributed by atoms with Gasteiger partial charge in [-0.25, -0.2) is 0 Å². The molecule has 0 bridgehead atoms. The molecule has 0 radical (unpaired) electrons. The quantitative estimate of drug-likeness (QED) is 0.664. The molecule has 0 aromatic rings. The summed E-state index contributed by atoms with van der Waals surface area (Å²) >= 11 is 0. The number of hydrogen-bond donors (Lipinski definition) is 1. The van der Waals surface area contributed by atoms with Crippen LogP contribution in [0, 0.1) is 16.2 Å². The van der Waals surface area contributed by atoms with Crippen LogP contribution in [-0.2, 0) is 23.9 Å². The van der Waals surface area contributed by atoms with E-state index in [0.29, 0.717) is 6.42 Å². The van der Waals surface area contributed by atoms with E-state index >= 15 is 0 Å². The van der Waals surface area contributed by atoms with E-state index in [0.717, 1.165) is 0 Å². The van der Waals surface area contributed by atoms with Gasteiger partial charge in [0.15, 0.2) is 0 Å². The molecule has 0 saturated carbocycles. The molecule has 0 heterocycles. The number of carbonyl (C=O) groups excluding carboxylic acids is 2. The lowest BCUT2D eigenvalue weighted by molar-refractivity contribution is -0.171. The molecule has 0 rings (SSSR count). The molecule has 2 atom stereocenters. The molecule has 2 unspecified atom stereocenters. The molecule has 0 aliphatic carbocycles. The third kappa shape index (κ3) is 6.33. The van der Waals surface area contributed by atoms with Crippen LogP contribution < -0.4 is 0 Å². The third-order valence-electron chi connectivity index (χ3n) is 4.54. The van der Waals surface area contributed by atoms with Gasteiger partial charge < -0.3 is 14.6 Å². The topological polar surface area (TPSA) is 89.9 Å². The monoisotopic (exact) mass is 358 g/mol. The lowest BCUT2D eigenvalue weighted by Gasteiger charge is -2.39. The van der Waals surface area contributed by atoms with Crippen LogP contribution in [0.15, 0.2) is 0 Å². The van der Waals surface area contributed by atoms with Crippen molar-refractivity contribution in [2.75, 3.05) is 7.11 Å². The summed E-state index contributed by atoms with van der Waals surface area (Å²) in [4.78, 5) is 36.7. The first-order chi connectivity index (χ1) is 11.0. The molecule has 0 aliphatic heterocycles. The van der Waals surface area contributed by atoms with E-state index in [1.165, 1.54) is 7.11 Å². The van der Waals surface area contributed by atoms with Crippen LogP contribution >= 0.6 is 0 Å². The fraction of sp³-hybridized carbons (Fsp3) is 0.842. The third-order valence-corrected chi connectivity index (χ3v) is 4.54. The van der Waals surface area contributed by atoms with Crippen LogP contribution in [0.3, 0.4) is 0 Å². The summed E-state index contributed by atoms with van der Waals surface area (Å²) < 4.78 is 10.4. The molecule has 6 nitrogen and oxygen atoms in total.